The maximum Gasteiger partial charge on any atom is 0.0692 e. The first-order chi connectivity index (χ1) is 11.1. The van der Waals surface area contributed by atoms with Gasteiger partial charge >= 0.3 is 0 Å². The normalized spacial score (nSPS) is 10.8. The summed E-state index contributed by atoms with van der Waals surface area (Å²) in [4.78, 5) is 8.97. The topological polar surface area (TPSA) is 30.7 Å². The van der Waals surface area contributed by atoms with Gasteiger partial charge in [-0.15, -0.1) is 23.8 Å². The summed E-state index contributed by atoms with van der Waals surface area (Å²) < 4.78 is 3.29. The molecule has 1 radical (unpaired) electrons. The predicted molar refractivity (Wildman–Crippen MR) is 95.2 cm³/mol. The SMILES string of the molecule is Cc1cc(C)c(-n2ccnc2-c2[c-]cc3scnc3c2)c(C)c1.[Ir]. The van der Waals surface area contributed by atoms with Crippen LogP contribution in [0.15, 0.2) is 42.2 Å². The fourth-order valence-electron chi connectivity index (χ4n) is 3.17. The van der Waals surface area contributed by atoms with Crippen molar-refractivity contribution >= 4 is 21.6 Å². The van der Waals surface area contributed by atoms with Crippen LogP contribution in [0.5, 0.6) is 0 Å². The van der Waals surface area contributed by atoms with Gasteiger partial charge in [-0.05, 0) is 42.1 Å². The zero-order valence-electron chi connectivity index (χ0n) is 13.6. The summed E-state index contributed by atoms with van der Waals surface area (Å²) in [7, 11) is 0. The van der Waals surface area contributed by atoms with E-state index in [0.717, 1.165) is 21.6 Å². The molecule has 4 aromatic rings. The van der Waals surface area contributed by atoms with Gasteiger partial charge in [0.2, 0.25) is 0 Å². The average Bonchev–Trinajstić information content (AvgIpc) is 3.13. The minimum atomic E-state index is 0. The molecule has 0 aliphatic carbocycles. The molecule has 0 saturated carbocycles. The first-order valence-electron chi connectivity index (χ1n) is 7.50. The van der Waals surface area contributed by atoms with Crippen LogP contribution in [0, 0.1) is 26.8 Å². The molecule has 0 spiro atoms. The first-order valence-corrected chi connectivity index (χ1v) is 8.38. The zero-order chi connectivity index (χ0) is 16.0. The number of hydrogen-bond donors (Lipinski definition) is 0. The number of aryl methyl sites for hydroxylation is 3. The molecule has 0 N–H and O–H groups in total. The summed E-state index contributed by atoms with van der Waals surface area (Å²) in [5.41, 5.74) is 8.79. The van der Waals surface area contributed by atoms with Crippen LogP contribution in [-0.4, -0.2) is 14.5 Å². The van der Waals surface area contributed by atoms with Crippen molar-refractivity contribution in [3.63, 3.8) is 0 Å². The Bertz CT molecular complexity index is 993. The van der Waals surface area contributed by atoms with Crippen LogP contribution < -0.4 is 0 Å². The Morgan fingerprint density at radius 2 is 1.79 bits per heavy atom. The van der Waals surface area contributed by atoms with E-state index in [9.17, 15) is 0 Å². The van der Waals surface area contributed by atoms with E-state index in [4.69, 9.17) is 0 Å². The van der Waals surface area contributed by atoms with Crippen molar-refractivity contribution < 1.29 is 20.1 Å². The molecule has 2 aromatic carbocycles. The Kier molecular flexibility index (Phi) is 4.68. The standard InChI is InChI=1S/C19H16N3S.Ir/c1-12-8-13(2)18(14(3)9-12)22-7-6-20-19(22)15-4-5-17-16(10-15)21-11-23-17;/h5-11H,1-3H3;/q-1;. The molecule has 0 amide bonds. The first kappa shape index (κ1) is 17.0. The third kappa shape index (κ3) is 2.84. The Morgan fingerprint density at radius 1 is 1.04 bits per heavy atom. The summed E-state index contributed by atoms with van der Waals surface area (Å²) in [6.45, 7) is 6.42. The Balaban J connectivity index is 0.00000169. The van der Waals surface area contributed by atoms with Crippen molar-refractivity contribution in [1.29, 1.82) is 0 Å². The molecule has 0 aliphatic rings. The number of imidazole rings is 1. The van der Waals surface area contributed by atoms with Crippen LogP contribution >= 0.6 is 11.3 Å². The summed E-state index contributed by atoms with van der Waals surface area (Å²) in [6.07, 6.45) is 3.85. The molecule has 3 nitrogen and oxygen atoms in total. The van der Waals surface area contributed by atoms with Crippen LogP contribution in [-0.2, 0) is 20.1 Å². The van der Waals surface area contributed by atoms with E-state index >= 15 is 0 Å². The minimum absolute atomic E-state index is 0. The van der Waals surface area contributed by atoms with Gasteiger partial charge in [-0.2, -0.15) is 11.3 Å². The van der Waals surface area contributed by atoms with Crippen molar-refractivity contribution in [3.8, 4) is 17.1 Å². The number of fused-ring (bicyclic) bond motifs is 1. The summed E-state index contributed by atoms with van der Waals surface area (Å²) in [5, 5.41) is 0. The van der Waals surface area contributed by atoms with Crippen LogP contribution in [0.1, 0.15) is 16.7 Å². The molecule has 24 heavy (non-hydrogen) atoms. The van der Waals surface area contributed by atoms with Crippen molar-refractivity contribution in [2.75, 3.05) is 0 Å². The summed E-state index contributed by atoms with van der Waals surface area (Å²) in [6, 6.07) is 11.8. The molecule has 123 valence electrons. The molecule has 0 bridgehead atoms. The molecule has 0 unspecified atom stereocenters. The third-order valence-corrected chi connectivity index (χ3v) is 4.81. The van der Waals surface area contributed by atoms with Gasteiger partial charge in [-0.1, -0.05) is 17.7 Å². The molecule has 0 saturated heterocycles. The number of hydrogen-bond acceptors (Lipinski definition) is 3. The number of nitrogens with zero attached hydrogens (tertiary/aromatic N) is 3. The van der Waals surface area contributed by atoms with E-state index in [1.165, 1.54) is 22.4 Å². The smallest absolute Gasteiger partial charge is 0.0692 e. The third-order valence-electron chi connectivity index (χ3n) is 4.02. The fourth-order valence-corrected chi connectivity index (χ4v) is 3.81. The molecule has 4 rings (SSSR count). The molecule has 2 heterocycles. The molecular formula is C19H16IrN3S-. The van der Waals surface area contributed by atoms with Gasteiger partial charge < -0.3 is 4.57 Å². The average molecular weight is 511 g/mol. The number of aromatic nitrogens is 3. The van der Waals surface area contributed by atoms with E-state index in [1.807, 2.05) is 24.0 Å². The Labute approximate surface area is 158 Å². The Morgan fingerprint density at radius 3 is 2.54 bits per heavy atom. The summed E-state index contributed by atoms with van der Waals surface area (Å²) >= 11 is 1.63. The van der Waals surface area contributed by atoms with Gasteiger partial charge in [0.05, 0.1) is 11.3 Å². The number of rotatable bonds is 2. The van der Waals surface area contributed by atoms with Crippen molar-refractivity contribution in [1.82, 2.24) is 14.5 Å². The van der Waals surface area contributed by atoms with Crippen LogP contribution in [0.2, 0.25) is 0 Å². The van der Waals surface area contributed by atoms with Crippen molar-refractivity contribution in [2.45, 2.75) is 20.8 Å². The molecular weight excluding hydrogens is 495 g/mol. The molecule has 0 aliphatic heterocycles. The van der Waals surface area contributed by atoms with Gasteiger partial charge in [0.1, 0.15) is 0 Å². The molecule has 2 aromatic heterocycles. The zero-order valence-corrected chi connectivity index (χ0v) is 16.8. The monoisotopic (exact) mass is 511 g/mol. The second-order valence-corrected chi connectivity index (χ2v) is 6.70. The van der Waals surface area contributed by atoms with E-state index in [0.29, 0.717) is 0 Å². The second-order valence-electron chi connectivity index (χ2n) is 5.82. The van der Waals surface area contributed by atoms with Gasteiger partial charge in [0, 0.05) is 38.2 Å². The van der Waals surface area contributed by atoms with Crippen LogP contribution in [0.3, 0.4) is 0 Å². The maximum atomic E-state index is 4.57. The predicted octanol–water partition coefficient (Wildman–Crippen LogP) is 4.87. The minimum Gasteiger partial charge on any atom is -0.340 e. The molecule has 0 fully saturated rings. The van der Waals surface area contributed by atoms with E-state index < -0.39 is 0 Å². The van der Waals surface area contributed by atoms with E-state index in [1.54, 1.807) is 11.3 Å². The maximum absolute atomic E-state index is 4.57. The van der Waals surface area contributed by atoms with E-state index in [-0.39, 0.29) is 20.1 Å². The number of benzene rings is 2. The molecule has 5 heteroatoms. The largest absolute Gasteiger partial charge is 0.340 e. The van der Waals surface area contributed by atoms with Crippen molar-refractivity contribution in [2.24, 2.45) is 0 Å². The van der Waals surface area contributed by atoms with Gasteiger partial charge in [0.15, 0.2) is 0 Å². The quantitative estimate of drug-likeness (QED) is 0.360. The second kappa shape index (κ2) is 6.59. The van der Waals surface area contributed by atoms with Crippen LogP contribution in [0.25, 0.3) is 27.3 Å². The van der Waals surface area contributed by atoms with Crippen molar-refractivity contribution in [3.05, 3.63) is 64.9 Å². The summed E-state index contributed by atoms with van der Waals surface area (Å²) in [5.74, 6) is 0.898. The van der Waals surface area contributed by atoms with E-state index in [2.05, 4.69) is 59.6 Å². The van der Waals surface area contributed by atoms with Gasteiger partial charge in [0.25, 0.3) is 0 Å². The number of thiazole rings is 1. The molecule has 0 atom stereocenters. The van der Waals surface area contributed by atoms with Gasteiger partial charge in [-0.3, -0.25) is 9.97 Å². The van der Waals surface area contributed by atoms with Crippen LogP contribution in [0.4, 0.5) is 0 Å². The Hall–Kier alpha value is -1.81. The fraction of sp³-hybridized carbons (Fsp3) is 0.158. The van der Waals surface area contributed by atoms with Gasteiger partial charge in [-0.25, -0.2) is 0 Å².